The molecule has 1 rings (SSSR count). The van der Waals surface area contributed by atoms with Gasteiger partial charge in [-0.05, 0) is 29.7 Å². The molecule has 0 fully saturated rings. The van der Waals surface area contributed by atoms with Gasteiger partial charge >= 0.3 is 5.97 Å². The van der Waals surface area contributed by atoms with Gasteiger partial charge in [0, 0.05) is 0 Å². The number of carbonyl (C=O) groups is 1. The highest BCUT2D eigenvalue weighted by Gasteiger charge is 2.09. The van der Waals surface area contributed by atoms with E-state index in [1.807, 2.05) is 6.07 Å². The van der Waals surface area contributed by atoms with Crippen molar-refractivity contribution in [3.63, 3.8) is 0 Å². The van der Waals surface area contributed by atoms with E-state index in [1.165, 1.54) is 6.07 Å². The van der Waals surface area contributed by atoms with Crippen molar-refractivity contribution in [3.8, 4) is 6.07 Å². The molecular weight excluding hydrogens is 194 g/mol. The van der Waals surface area contributed by atoms with Crippen LogP contribution in [0.4, 0.5) is 0 Å². The largest absolute Gasteiger partial charge is 0.481 e. The Hall–Kier alpha value is -1.86. The lowest BCUT2D eigenvalue weighted by Crippen LogP contribution is -2.03. The molecule has 4 heteroatoms. The summed E-state index contributed by atoms with van der Waals surface area (Å²) >= 11 is 0. The summed E-state index contributed by atoms with van der Waals surface area (Å²) in [4.78, 5) is 10.5. The van der Waals surface area contributed by atoms with Gasteiger partial charge in [-0.3, -0.25) is 4.79 Å². The number of rotatable bonds is 3. The molecule has 0 radical (unpaired) electrons. The Bertz CT molecular complexity index is 432. The van der Waals surface area contributed by atoms with E-state index in [-0.39, 0.29) is 13.0 Å². The smallest absolute Gasteiger partial charge is 0.307 e. The molecular formula is C11H11NO3. The second-order valence-electron chi connectivity index (χ2n) is 3.28. The van der Waals surface area contributed by atoms with Crippen molar-refractivity contribution in [2.45, 2.75) is 20.0 Å². The summed E-state index contributed by atoms with van der Waals surface area (Å²) in [5.74, 6) is -0.935. The molecule has 0 amide bonds. The first kappa shape index (κ1) is 11.2. The van der Waals surface area contributed by atoms with E-state index in [9.17, 15) is 4.79 Å². The lowest BCUT2D eigenvalue weighted by atomic mass is 9.98. The monoisotopic (exact) mass is 205 g/mol. The number of aryl methyl sites for hydroxylation is 1. The number of aliphatic carboxylic acids is 1. The Morgan fingerprint density at radius 1 is 1.53 bits per heavy atom. The fraction of sp³-hybridized carbons (Fsp3) is 0.273. The van der Waals surface area contributed by atoms with Crippen molar-refractivity contribution in [2.24, 2.45) is 0 Å². The number of carboxylic acid groups (broad SMARTS) is 1. The minimum Gasteiger partial charge on any atom is -0.481 e. The Morgan fingerprint density at radius 2 is 2.20 bits per heavy atom. The molecule has 78 valence electrons. The summed E-state index contributed by atoms with van der Waals surface area (Å²) in [7, 11) is 0. The van der Waals surface area contributed by atoms with E-state index in [1.54, 1.807) is 13.0 Å². The number of hydrogen-bond donors (Lipinski definition) is 2. The lowest BCUT2D eigenvalue weighted by molar-refractivity contribution is -0.136. The van der Waals surface area contributed by atoms with Crippen molar-refractivity contribution in [2.75, 3.05) is 0 Å². The summed E-state index contributed by atoms with van der Waals surface area (Å²) in [5, 5.41) is 26.5. The maximum Gasteiger partial charge on any atom is 0.307 e. The van der Waals surface area contributed by atoms with E-state index >= 15 is 0 Å². The zero-order chi connectivity index (χ0) is 11.4. The van der Waals surface area contributed by atoms with Gasteiger partial charge in [-0.25, -0.2) is 0 Å². The van der Waals surface area contributed by atoms with Gasteiger partial charge in [-0.15, -0.1) is 0 Å². The Morgan fingerprint density at radius 3 is 2.67 bits per heavy atom. The first-order valence-corrected chi connectivity index (χ1v) is 4.43. The molecule has 0 aliphatic rings. The Kier molecular flexibility index (Phi) is 3.42. The molecule has 4 nitrogen and oxygen atoms in total. The molecule has 0 saturated heterocycles. The summed E-state index contributed by atoms with van der Waals surface area (Å²) in [6.07, 6.45) is -0.110. The van der Waals surface area contributed by atoms with Gasteiger partial charge in [0.1, 0.15) is 0 Å². The quantitative estimate of drug-likeness (QED) is 0.770. The predicted molar refractivity (Wildman–Crippen MR) is 53.2 cm³/mol. The van der Waals surface area contributed by atoms with Gasteiger partial charge in [0.2, 0.25) is 0 Å². The molecule has 0 unspecified atom stereocenters. The zero-order valence-corrected chi connectivity index (χ0v) is 8.32. The van der Waals surface area contributed by atoms with Crippen LogP contribution in [-0.2, 0) is 17.8 Å². The van der Waals surface area contributed by atoms with Crippen molar-refractivity contribution < 1.29 is 15.0 Å². The number of benzene rings is 1. The fourth-order valence-corrected chi connectivity index (χ4v) is 1.48. The van der Waals surface area contributed by atoms with E-state index in [0.717, 1.165) is 5.56 Å². The molecule has 0 spiro atoms. The molecule has 0 aliphatic heterocycles. The first-order valence-electron chi connectivity index (χ1n) is 4.43. The topological polar surface area (TPSA) is 81.3 Å². The van der Waals surface area contributed by atoms with Gasteiger partial charge in [-0.1, -0.05) is 6.07 Å². The number of carboxylic acids is 1. The second kappa shape index (κ2) is 4.58. The third kappa shape index (κ3) is 2.55. The third-order valence-electron chi connectivity index (χ3n) is 2.17. The highest BCUT2D eigenvalue weighted by Crippen LogP contribution is 2.17. The summed E-state index contributed by atoms with van der Waals surface area (Å²) < 4.78 is 0. The van der Waals surface area contributed by atoms with Gasteiger partial charge in [0.25, 0.3) is 0 Å². The van der Waals surface area contributed by atoms with Crippen LogP contribution in [-0.4, -0.2) is 16.2 Å². The van der Waals surface area contributed by atoms with Crippen molar-refractivity contribution in [1.29, 1.82) is 5.26 Å². The van der Waals surface area contributed by atoms with Crippen LogP contribution in [0.1, 0.15) is 22.3 Å². The average molecular weight is 205 g/mol. The van der Waals surface area contributed by atoms with Crippen LogP contribution in [0.2, 0.25) is 0 Å². The SMILES string of the molecule is Cc1cc(CC(=O)O)cc(C#N)c1CO. The van der Waals surface area contributed by atoms with Crippen LogP contribution < -0.4 is 0 Å². The maximum atomic E-state index is 10.5. The van der Waals surface area contributed by atoms with Gasteiger partial charge < -0.3 is 10.2 Å². The summed E-state index contributed by atoms with van der Waals surface area (Å²) in [5.41, 5.74) is 2.22. The van der Waals surface area contributed by atoms with Crippen LogP contribution in [0.15, 0.2) is 12.1 Å². The number of hydrogen-bond acceptors (Lipinski definition) is 3. The van der Waals surface area contributed by atoms with Gasteiger partial charge in [0.15, 0.2) is 0 Å². The zero-order valence-electron chi connectivity index (χ0n) is 8.32. The van der Waals surface area contributed by atoms with E-state index < -0.39 is 5.97 Å². The molecule has 0 atom stereocenters. The summed E-state index contributed by atoms with van der Waals surface area (Å²) in [6.45, 7) is 1.54. The third-order valence-corrected chi connectivity index (χ3v) is 2.17. The van der Waals surface area contributed by atoms with Crippen LogP contribution >= 0.6 is 0 Å². The maximum absolute atomic E-state index is 10.5. The minimum atomic E-state index is -0.935. The first-order chi connectivity index (χ1) is 7.08. The number of nitriles is 1. The highest BCUT2D eigenvalue weighted by molar-refractivity contribution is 5.70. The fourth-order valence-electron chi connectivity index (χ4n) is 1.48. The molecule has 1 aromatic carbocycles. The van der Waals surface area contributed by atoms with Crippen molar-refractivity contribution >= 4 is 5.97 Å². The number of aliphatic hydroxyl groups excluding tert-OH is 1. The molecule has 0 aliphatic carbocycles. The second-order valence-corrected chi connectivity index (χ2v) is 3.28. The predicted octanol–water partition coefficient (Wildman–Crippen LogP) is 0.986. The molecule has 0 bridgehead atoms. The van der Waals surface area contributed by atoms with Crippen molar-refractivity contribution in [3.05, 3.63) is 34.4 Å². The van der Waals surface area contributed by atoms with Gasteiger partial charge in [0.05, 0.1) is 24.7 Å². The Labute approximate surface area is 87.4 Å². The van der Waals surface area contributed by atoms with E-state index in [4.69, 9.17) is 15.5 Å². The van der Waals surface area contributed by atoms with Crippen LogP contribution in [0.25, 0.3) is 0 Å². The van der Waals surface area contributed by atoms with Crippen LogP contribution in [0.3, 0.4) is 0 Å². The van der Waals surface area contributed by atoms with Crippen LogP contribution in [0.5, 0.6) is 0 Å². The van der Waals surface area contributed by atoms with E-state index in [2.05, 4.69) is 0 Å². The Balaban J connectivity index is 3.21. The van der Waals surface area contributed by atoms with Crippen LogP contribution in [0, 0.1) is 18.3 Å². The molecule has 1 aromatic rings. The van der Waals surface area contributed by atoms with Crippen molar-refractivity contribution in [1.82, 2.24) is 0 Å². The number of nitrogens with zero attached hydrogens (tertiary/aromatic N) is 1. The molecule has 15 heavy (non-hydrogen) atoms. The highest BCUT2D eigenvalue weighted by atomic mass is 16.4. The minimum absolute atomic E-state index is 0.110. The lowest BCUT2D eigenvalue weighted by Gasteiger charge is -2.07. The summed E-state index contributed by atoms with van der Waals surface area (Å²) in [6, 6.07) is 5.14. The average Bonchev–Trinajstić information content (AvgIpc) is 2.15. The van der Waals surface area contributed by atoms with E-state index in [0.29, 0.717) is 16.7 Å². The molecule has 0 saturated carbocycles. The van der Waals surface area contributed by atoms with Gasteiger partial charge in [-0.2, -0.15) is 5.26 Å². The molecule has 2 N–H and O–H groups in total. The standard InChI is InChI=1S/C11H11NO3/c1-7-2-8(4-11(14)15)3-9(5-12)10(7)6-13/h2-3,13H,4,6H2,1H3,(H,14,15). The molecule has 0 heterocycles. The normalized spacial score (nSPS) is 9.67. The number of aliphatic hydroxyl groups is 1. The molecule has 0 aromatic heterocycles.